The molecule has 86 valence electrons. The van der Waals surface area contributed by atoms with Gasteiger partial charge in [0.25, 0.3) is 0 Å². The van der Waals surface area contributed by atoms with Crippen LogP contribution in [-0.2, 0) is 21.2 Å². The van der Waals surface area contributed by atoms with E-state index >= 15 is 0 Å². The fourth-order valence-corrected chi connectivity index (χ4v) is 2.84. The van der Waals surface area contributed by atoms with Crippen molar-refractivity contribution < 1.29 is 13.2 Å². The molecule has 5 nitrogen and oxygen atoms in total. The van der Waals surface area contributed by atoms with Crippen molar-refractivity contribution in [3.63, 3.8) is 0 Å². The minimum atomic E-state index is -3.59. The molecule has 1 heterocycles. The van der Waals surface area contributed by atoms with E-state index in [-0.39, 0.29) is 22.2 Å². The van der Waals surface area contributed by atoms with E-state index < -0.39 is 10.0 Å². The fourth-order valence-electron chi connectivity index (χ4n) is 1.54. The first-order valence-electron chi connectivity index (χ1n) is 4.50. The third kappa shape index (κ3) is 1.79. The predicted octanol–water partition coefficient (Wildman–Crippen LogP) is 0.743. The van der Waals surface area contributed by atoms with Crippen LogP contribution in [0.15, 0.2) is 17.0 Å². The van der Waals surface area contributed by atoms with Gasteiger partial charge >= 0.3 is 0 Å². The zero-order valence-corrected chi connectivity index (χ0v) is 9.95. The number of rotatable bonds is 2. The van der Waals surface area contributed by atoms with E-state index in [1.54, 1.807) is 0 Å². The summed E-state index contributed by atoms with van der Waals surface area (Å²) in [6.45, 7) is 0. The van der Waals surface area contributed by atoms with Crippen molar-refractivity contribution in [1.29, 1.82) is 0 Å². The Labute approximate surface area is 97.8 Å². The second kappa shape index (κ2) is 3.73. The highest BCUT2D eigenvalue weighted by atomic mass is 35.5. The van der Waals surface area contributed by atoms with Crippen LogP contribution in [0.25, 0.3) is 0 Å². The summed E-state index contributed by atoms with van der Waals surface area (Å²) in [6.07, 6.45) is 0.179. The number of hydrogen-bond acceptors (Lipinski definition) is 3. The lowest BCUT2D eigenvalue weighted by molar-refractivity contribution is -0.115. The number of sulfonamides is 1. The summed E-state index contributed by atoms with van der Waals surface area (Å²) < 4.78 is 25.4. The van der Waals surface area contributed by atoms with Crippen LogP contribution in [0.3, 0.4) is 0 Å². The summed E-state index contributed by atoms with van der Waals surface area (Å²) in [4.78, 5) is 11.1. The van der Waals surface area contributed by atoms with Crippen LogP contribution in [0.1, 0.15) is 5.56 Å². The van der Waals surface area contributed by atoms with Crippen LogP contribution in [0, 0.1) is 0 Å². The first kappa shape index (κ1) is 11.4. The van der Waals surface area contributed by atoms with Gasteiger partial charge in [-0.3, -0.25) is 4.79 Å². The van der Waals surface area contributed by atoms with Crippen molar-refractivity contribution in [3.8, 4) is 0 Å². The number of anilines is 1. The van der Waals surface area contributed by atoms with Crippen LogP contribution in [0.2, 0.25) is 5.02 Å². The summed E-state index contributed by atoms with van der Waals surface area (Å²) in [5, 5.41) is 2.69. The van der Waals surface area contributed by atoms with E-state index in [0.29, 0.717) is 11.3 Å². The predicted molar refractivity (Wildman–Crippen MR) is 60.0 cm³/mol. The molecule has 0 aliphatic carbocycles. The molecule has 0 aromatic heterocycles. The van der Waals surface area contributed by atoms with Gasteiger partial charge in [0.2, 0.25) is 15.9 Å². The van der Waals surface area contributed by atoms with Gasteiger partial charge in [-0.15, -0.1) is 0 Å². The van der Waals surface area contributed by atoms with Crippen LogP contribution < -0.4 is 10.0 Å². The van der Waals surface area contributed by atoms with Gasteiger partial charge in [0, 0.05) is 5.69 Å². The highest BCUT2D eigenvalue weighted by Gasteiger charge is 2.23. The Morgan fingerprint density at radius 1 is 1.44 bits per heavy atom. The molecule has 1 aromatic carbocycles. The van der Waals surface area contributed by atoms with Crippen LogP contribution in [0.4, 0.5) is 5.69 Å². The average molecular weight is 261 g/mol. The molecule has 1 amide bonds. The number of amides is 1. The van der Waals surface area contributed by atoms with Gasteiger partial charge < -0.3 is 5.32 Å². The molecule has 1 aliphatic heterocycles. The molecule has 1 aromatic rings. The lowest BCUT2D eigenvalue weighted by Gasteiger charge is -2.07. The van der Waals surface area contributed by atoms with E-state index in [1.165, 1.54) is 19.2 Å². The first-order chi connectivity index (χ1) is 7.44. The number of nitrogens with one attached hydrogen (secondary N) is 2. The Balaban J connectivity index is 2.60. The first-order valence-corrected chi connectivity index (χ1v) is 6.36. The van der Waals surface area contributed by atoms with Gasteiger partial charge in [-0.2, -0.15) is 0 Å². The lowest BCUT2D eigenvalue weighted by Crippen LogP contribution is -2.19. The number of carbonyl (C=O) groups excluding carboxylic acids is 1. The molecule has 0 atom stereocenters. The molecule has 0 bridgehead atoms. The van der Waals surface area contributed by atoms with Gasteiger partial charge in [-0.05, 0) is 24.7 Å². The van der Waals surface area contributed by atoms with Crippen molar-refractivity contribution in [2.24, 2.45) is 0 Å². The van der Waals surface area contributed by atoms with Crippen molar-refractivity contribution in [2.75, 3.05) is 12.4 Å². The molecule has 0 spiro atoms. The molecule has 2 N–H and O–H groups in total. The van der Waals surface area contributed by atoms with Crippen molar-refractivity contribution in [3.05, 3.63) is 22.7 Å². The molecule has 0 saturated carbocycles. The second-order valence-corrected chi connectivity index (χ2v) is 5.63. The number of halogens is 1. The third-order valence-electron chi connectivity index (χ3n) is 2.34. The van der Waals surface area contributed by atoms with Crippen LogP contribution in [-0.4, -0.2) is 21.4 Å². The Morgan fingerprint density at radius 2 is 2.12 bits per heavy atom. The highest BCUT2D eigenvalue weighted by Crippen LogP contribution is 2.31. The number of hydrogen-bond donors (Lipinski definition) is 2. The Kier molecular flexibility index (Phi) is 2.65. The summed E-state index contributed by atoms with van der Waals surface area (Å²) in [6, 6.07) is 2.87. The molecule has 0 fully saturated rings. The molecule has 2 rings (SSSR count). The number of carbonyl (C=O) groups is 1. The maximum atomic E-state index is 11.6. The average Bonchev–Trinajstić information content (AvgIpc) is 2.56. The molecule has 0 radical (unpaired) electrons. The molecule has 0 saturated heterocycles. The Bertz CT molecular complexity index is 568. The van der Waals surface area contributed by atoms with E-state index in [1.807, 2.05) is 0 Å². The lowest BCUT2D eigenvalue weighted by atomic mass is 10.2. The zero-order chi connectivity index (χ0) is 11.9. The monoisotopic (exact) mass is 260 g/mol. The van der Waals surface area contributed by atoms with E-state index in [4.69, 9.17) is 11.6 Å². The topological polar surface area (TPSA) is 75.3 Å². The fraction of sp³-hybridized carbons (Fsp3) is 0.222. The quantitative estimate of drug-likeness (QED) is 0.824. The molecular formula is C9H9ClN2O3S. The normalized spacial score (nSPS) is 14.8. The minimum absolute atomic E-state index is 0.00748. The van der Waals surface area contributed by atoms with Crippen LogP contribution >= 0.6 is 11.6 Å². The Morgan fingerprint density at radius 3 is 2.75 bits per heavy atom. The number of benzene rings is 1. The second-order valence-electron chi connectivity index (χ2n) is 3.37. The van der Waals surface area contributed by atoms with Gasteiger partial charge in [0.05, 0.1) is 11.4 Å². The van der Waals surface area contributed by atoms with Crippen LogP contribution in [0.5, 0.6) is 0 Å². The molecule has 16 heavy (non-hydrogen) atoms. The van der Waals surface area contributed by atoms with Gasteiger partial charge in [-0.1, -0.05) is 11.6 Å². The molecule has 7 heteroatoms. The molecule has 0 unspecified atom stereocenters. The zero-order valence-electron chi connectivity index (χ0n) is 8.37. The summed E-state index contributed by atoms with van der Waals surface area (Å²) >= 11 is 5.85. The smallest absolute Gasteiger partial charge is 0.241 e. The maximum Gasteiger partial charge on any atom is 0.241 e. The van der Waals surface area contributed by atoms with Gasteiger partial charge in [0.1, 0.15) is 4.90 Å². The minimum Gasteiger partial charge on any atom is -0.325 e. The summed E-state index contributed by atoms with van der Waals surface area (Å²) in [5.74, 6) is -0.162. The standard InChI is InChI=1S/C9H9ClN2O3S/c1-11-16(14,15)8-2-5-3-9(13)12-7(5)4-6(8)10/h2,4,11H,3H2,1H3,(H,12,13). The molecule has 1 aliphatic rings. The SMILES string of the molecule is CNS(=O)(=O)c1cc2c(cc1Cl)NC(=O)C2. The highest BCUT2D eigenvalue weighted by molar-refractivity contribution is 7.89. The van der Waals surface area contributed by atoms with E-state index in [9.17, 15) is 13.2 Å². The van der Waals surface area contributed by atoms with Crippen molar-refractivity contribution in [1.82, 2.24) is 4.72 Å². The van der Waals surface area contributed by atoms with Gasteiger partial charge in [-0.25, -0.2) is 13.1 Å². The maximum absolute atomic E-state index is 11.6. The van der Waals surface area contributed by atoms with E-state index in [0.717, 1.165) is 0 Å². The van der Waals surface area contributed by atoms with E-state index in [2.05, 4.69) is 10.0 Å². The summed E-state index contributed by atoms with van der Waals surface area (Å²) in [5.41, 5.74) is 1.22. The third-order valence-corrected chi connectivity index (χ3v) is 4.22. The largest absolute Gasteiger partial charge is 0.325 e. The Hall–Kier alpha value is -1.11. The van der Waals surface area contributed by atoms with Crippen molar-refractivity contribution in [2.45, 2.75) is 11.3 Å². The number of fused-ring (bicyclic) bond motifs is 1. The summed E-state index contributed by atoms with van der Waals surface area (Å²) in [7, 11) is -2.28. The van der Waals surface area contributed by atoms with Gasteiger partial charge in [0.15, 0.2) is 0 Å². The molecular weight excluding hydrogens is 252 g/mol. The van der Waals surface area contributed by atoms with Crippen molar-refractivity contribution >= 4 is 33.2 Å².